The number of hydrogen-bond donors (Lipinski definition) is 1. The fourth-order valence-corrected chi connectivity index (χ4v) is 1.38. The van der Waals surface area contributed by atoms with Gasteiger partial charge in [-0.15, -0.1) is 0 Å². The molecule has 0 aliphatic rings. The Morgan fingerprint density at radius 3 is 2.57 bits per heavy atom. The summed E-state index contributed by atoms with van der Waals surface area (Å²) in [4.78, 5) is 11.9. The minimum absolute atomic E-state index is 0.115. The van der Waals surface area contributed by atoms with Crippen LogP contribution in [-0.2, 0) is 0 Å². The highest BCUT2D eigenvalue weighted by Gasteiger charge is 2.15. The first-order chi connectivity index (χ1) is 6.57. The monoisotopic (exact) mass is 191 g/mol. The van der Waals surface area contributed by atoms with Crippen LogP contribution in [0.5, 0.6) is 0 Å². The molecule has 0 amide bonds. The van der Waals surface area contributed by atoms with E-state index in [9.17, 15) is 4.79 Å². The van der Waals surface area contributed by atoms with Crippen LogP contribution < -0.4 is 5.32 Å². The molecule has 0 aliphatic carbocycles. The Balaban J connectivity index is 3.07. The van der Waals surface area contributed by atoms with Gasteiger partial charge in [0.25, 0.3) is 0 Å². The number of rotatable bonds is 3. The third-order valence-electron chi connectivity index (χ3n) is 2.70. The normalized spacial score (nSPS) is 12.6. The number of likely N-dealkylation sites (N-methyl/N-ethyl adjacent to an activating group) is 1. The average molecular weight is 191 g/mol. The lowest BCUT2D eigenvalue weighted by atomic mass is 9.97. The molecule has 0 fully saturated rings. The summed E-state index contributed by atoms with van der Waals surface area (Å²) in [7, 11) is 1.80. The van der Waals surface area contributed by atoms with E-state index < -0.39 is 0 Å². The van der Waals surface area contributed by atoms with E-state index in [1.54, 1.807) is 7.05 Å². The average Bonchev–Trinajstić information content (AvgIpc) is 2.20. The predicted molar refractivity (Wildman–Crippen MR) is 58.8 cm³/mol. The molecule has 1 aromatic carbocycles. The van der Waals surface area contributed by atoms with Crippen LogP contribution in [0.2, 0.25) is 0 Å². The van der Waals surface area contributed by atoms with E-state index in [1.807, 2.05) is 39.0 Å². The van der Waals surface area contributed by atoms with Gasteiger partial charge in [-0.1, -0.05) is 18.2 Å². The maximum atomic E-state index is 11.9. The molecule has 1 N–H and O–H groups in total. The van der Waals surface area contributed by atoms with E-state index in [-0.39, 0.29) is 11.8 Å². The number of benzene rings is 1. The maximum absolute atomic E-state index is 11.9. The lowest BCUT2D eigenvalue weighted by Crippen LogP contribution is -2.31. The molecular weight excluding hydrogens is 174 g/mol. The highest BCUT2D eigenvalue weighted by atomic mass is 16.1. The topological polar surface area (TPSA) is 29.1 Å². The molecule has 1 rings (SSSR count). The predicted octanol–water partition coefficient (Wildman–Crippen LogP) is 2.09. The van der Waals surface area contributed by atoms with E-state index in [0.29, 0.717) is 0 Å². The highest BCUT2D eigenvalue weighted by molar-refractivity contribution is 6.01. The second-order valence-electron chi connectivity index (χ2n) is 3.62. The van der Waals surface area contributed by atoms with Gasteiger partial charge < -0.3 is 5.32 Å². The van der Waals surface area contributed by atoms with Crippen LogP contribution in [0.4, 0.5) is 0 Å². The smallest absolute Gasteiger partial charge is 0.179 e. The second-order valence-corrected chi connectivity index (χ2v) is 3.62. The number of aryl methyl sites for hydroxylation is 1. The lowest BCUT2D eigenvalue weighted by Gasteiger charge is -2.12. The van der Waals surface area contributed by atoms with Crippen molar-refractivity contribution >= 4 is 5.78 Å². The summed E-state index contributed by atoms with van der Waals surface area (Å²) < 4.78 is 0. The molecule has 1 aromatic rings. The Hall–Kier alpha value is -1.15. The van der Waals surface area contributed by atoms with Gasteiger partial charge in [0.2, 0.25) is 0 Å². The fourth-order valence-electron chi connectivity index (χ4n) is 1.38. The molecule has 0 aromatic heterocycles. The molecule has 0 unspecified atom stereocenters. The van der Waals surface area contributed by atoms with E-state index in [0.717, 1.165) is 11.1 Å². The third-order valence-corrected chi connectivity index (χ3v) is 2.70. The van der Waals surface area contributed by atoms with Crippen molar-refractivity contribution in [3.8, 4) is 0 Å². The quantitative estimate of drug-likeness (QED) is 0.741. The van der Waals surface area contributed by atoms with E-state index >= 15 is 0 Å². The number of hydrogen-bond acceptors (Lipinski definition) is 2. The first-order valence-corrected chi connectivity index (χ1v) is 4.85. The molecule has 0 aliphatic heterocycles. The minimum Gasteiger partial charge on any atom is -0.310 e. The Labute approximate surface area is 85.3 Å². The maximum Gasteiger partial charge on any atom is 0.179 e. The van der Waals surface area contributed by atoms with E-state index in [4.69, 9.17) is 0 Å². The summed E-state index contributed by atoms with van der Waals surface area (Å²) in [5, 5.41) is 2.96. The number of carbonyl (C=O) groups is 1. The van der Waals surface area contributed by atoms with E-state index in [1.165, 1.54) is 5.56 Å². The molecule has 76 valence electrons. The molecular formula is C12H17NO. The summed E-state index contributed by atoms with van der Waals surface area (Å²) in [6, 6.07) is 5.72. The first-order valence-electron chi connectivity index (χ1n) is 4.85. The molecule has 0 spiro atoms. The van der Waals surface area contributed by atoms with Crippen LogP contribution in [0.15, 0.2) is 18.2 Å². The van der Waals surface area contributed by atoms with Crippen molar-refractivity contribution in [3.63, 3.8) is 0 Å². The summed E-state index contributed by atoms with van der Waals surface area (Å²) in [6.07, 6.45) is 0. The standard InChI is InChI=1S/C12H17NO/c1-8-6-5-7-11(9(8)2)12(14)10(3)13-4/h5-7,10,13H,1-4H3/t10-/m1/s1. The number of ketones is 1. The summed E-state index contributed by atoms with van der Waals surface area (Å²) in [6.45, 7) is 5.89. The van der Waals surface area contributed by atoms with Crippen molar-refractivity contribution in [1.82, 2.24) is 5.32 Å². The fraction of sp³-hybridized carbons (Fsp3) is 0.417. The number of nitrogens with one attached hydrogen (secondary N) is 1. The third kappa shape index (κ3) is 2.02. The van der Waals surface area contributed by atoms with Crippen LogP contribution in [-0.4, -0.2) is 18.9 Å². The Morgan fingerprint density at radius 1 is 1.36 bits per heavy atom. The molecule has 2 nitrogen and oxygen atoms in total. The van der Waals surface area contributed by atoms with Gasteiger partial charge in [0.05, 0.1) is 6.04 Å². The summed E-state index contributed by atoms with van der Waals surface area (Å²) >= 11 is 0. The molecule has 14 heavy (non-hydrogen) atoms. The molecule has 2 heteroatoms. The Kier molecular flexibility index (Phi) is 3.42. The largest absolute Gasteiger partial charge is 0.310 e. The van der Waals surface area contributed by atoms with Gasteiger partial charge in [-0.05, 0) is 38.9 Å². The zero-order chi connectivity index (χ0) is 10.7. The molecule has 0 radical (unpaired) electrons. The van der Waals surface area contributed by atoms with Crippen LogP contribution >= 0.6 is 0 Å². The van der Waals surface area contributed by atoms with Crippen molar-refractivity contribution in [3.05, 3.63) is 34.9 Å². The lowest BCUT2D eigenvalue weighted by molar-refractivity contribution is 0.0954. The first kappa shape index (κ1) is 10.9. The van der Waals surface area contributed by atoms with Crippen molar-refractivity contribution < 1.29 is 4.79 Å². The Morgan fingerprint density at radius 2 is 2.00 bits per heavy atom. The van der Waals surface area contributed by atoms with Gasteiger partial charge in [-0.2, -0.15) is 0 Å². The van der Waals surface area contributed by atoms with Crippen molar-refractivity contribution in [2.75, 3.05) is 7.05 Å². The van der Waals surface area contributed by atoms with Gasteiger partial charge in [-0.3, -0.25) is 4.79 Å². The SMILES string of the molecule is CN[C@H](C)C(=O)c1cccc(C)c1C. The van der Waals surface area contributed by atoms with Crippen LogP contribution in [0.25, 0.3) is 0 Å². The number of carbonyl (C=O) groups excluding carboxylic acids is 1. The van der Waals surface area contributed by atoms with Gasteiger partial charge in [-0.25, -0.2) is 0 Å². The number of Topliss-reactive ketones (excluding diaryl/α,β-unsaturated/α-hetero) is 1. The van der Waals surface area contributed by atoms with Gasteiger partial charge in [0.1, 0.15) is 0 Å². The van der Waals surface area contributed by atoms with Crippen LogP contribution in [0.1, 0.15) is 28.4 Å². The van der Waals surface area contributed by atoms with Crippen molar-refractivity contribution in [2.45, 2.75) is 26.8 Å². The summed E-state index contributed by atoms with van der Waals surface area (Å²) in [5.41, 5.74) is 3.07. The van der Waals surface area contributed by atoms with Gasteiger partial charge in [0.15, 0.2) is 5.78 Å². The zero-order valence-electron chi connectivity index (χ0n) is 9.22. The van der Waals surface area contributed by atoms with Crippen LogP contribution in [0, 0.1) is 13.8 Å². The molecule has 1 atom stereocenters. The van der Waals surface area contributed by atoms with Crippen molar-refractivity contribution in [2.24, 2.45) is 0 Å². The Bertz CT molecular complexity index is 344. The molecule has 0 heterocycles. The molecule has 0 saturated carbocycles. The minimum atomic E-state index is -0.115. The summed E-state index contributed by atoms with van der Waals surface area (Å²) in [5.74, 6) is 0.161. The molecule has 0 saturated heterocycles. The zero-order valence-corrected chi connectivity index (χ0v) is 9.22. The van der Waals surface area contributed by atoms with Crippen molar-refractivity contribution in [1.29, 1.82) is 0 Å². The second kappa shape index (κ2) is 4.38. The van der Waals surface area contributed by atoms with Gasteiger partial charge >= 0.3 is 0 Å². The van der Waals surface area contributed by atoms with E-state index in [2.05, 4.69) is 5.32 Å². The van der Waals surface area contributed by atoms with Crippen LogP contribution in [0.3, 0.4) is 0 Å². The van der Waals surface area contributed by atoms with Gasteiger partial charge in [0, 0.05) is 5.56 Å². The highest BCUT2D eigenvalue weighted by Crippen LogP contribution is 2.14. The molecule has 0 bridgehead atoms.